The summed E-state index contributed by atoms with van der Waals surface area (Å²) in [6, 6.07) is 7.34. The maximum atomic E-state index is 13.6. The summed E-state index contributed by atoms with van der Waals surface area (Å²) in [6.07, 6.45) is 7.15. The first-order valence-electron chi connectivity index (χ1n) is 13.2. The first-order chi connectivity index (χ1) is 17.6. The lowest BCUT2D eigenvalue weighted by Crippen LogP contribution is -2.60. The molecule has 2 aromatic heterocycles. The molecule has 2 bridgehead atoms. The van der Waals surface area contributed by atoms with E-state index < -0.39 is 0 Å². The van der Waals surface area contributed by atoms with E-state index in [1.54, 1.807) is 0 Å². The Morgan fingerprint density at radius 2 is 2.11 bits per heavy atom. The molecule has 4 saturated heterocycles. The maximum Gasteiger partial charge on any atom is 0.320 e. The van der Waals surface area contributed by atoms with E-state index in [0.717, 1.165) is 62.1 Å². The van der Waals surface area contributed by atoms with Gasteiger partial charge in [0.15, 0.2) is 0 Å². The van der Waals surface area contributed by atoms with Gasteiger partial charge in [0, 0.05) is 49.5 Å². The Balaban J connectivity index is 1.24. The van der Waals surface area contributed by atoms with E-state index in [0.29, 0.717) is 19.8 Å². The summed E-state index contributed by atoms with van der Waals surface area (Å²) in [4.78, 5) is 25.6. The number of fused-ring (bicyclic) bond motifs is 5. The van der Waals surface area contributed by atoms with E-state index in [-0.39, 0.29) is 24.2 Å². The zero-order valence-corrected chi connectivity index (χ0v) is 20.8. The number of nitrogens with one attached hydrogen (secondary N) is 2. The molecule has 8 nitrogen and oxygen atoms in total. The summed E-state index contributed by atoms with van der Waals surface area (Å²) in [5.74, 6) is 0. The fraction of sp³-hybridized carbons (Fsp3) is 0.500. The van der Waals surface area contributed by atoms with Crippen LogP contribution < -0.4 is 5.32 Å². The van der Waals surface area contributed by atoms with E-state index in [9.17, 15) is 4.79 Å². The minimum Gasteiger partial charge on any atom is -0.378 e. The molecule has 2 N–H and O–H groups in total. The molecule has 8 heteroatoms. The van der Waals surface area contributed by atoms with Crippen LogP contribution in [0.3, 0.4) is 0 Å². The lowest BCUT2D eigenvalue weighted by atomic mass is 9.87. The third kappa shape index (κ3) is 3.79. The van der Waals surface area contributed by atoms with E-state index >= 15 is 0 Å². The number of carbonyl (C=O) groups is 1. The lowest BCUT2D eigenvalue weighted by Gasteiger charge is -2.47. The maximum absolute atomic E-state index is 13.6. The molecule has 5 aliphatic rings. The van der Waals surface area contributed by atoms with Gasteiger partial charge in [-0.05, 0) is 66.1 Å². The van der Waals surface area contributed by atoms with Gasteiger partial charge in [-0.15, -0.1) is 0 Å². The summed E-state index contributed by atoms with van der Waals surface area (Å²) in [6.45, 7) is 7.11. The van der Waals surface area contributed by atoms with Crippen molar-refractivity contribution in [1.29, 1.82) is 0 Å². The third-order valence-electron chi connectivity index (χ3n) is 8.45. The van der Waals surface area contributed by atoms with Crippen LogP contribution in [0.5, 0.6) is 0 Å². The number of pyridine rings is 1. The van der Waals surface area contributed by atoms with E-state index in [1.165, 1.54) is 27.8 Å². The van der Waals surface area contributed by atoms with Gasteiger partial charge < -0.3 is 29.6 Å². The molecule has 2 amide bonds. The molecule has 4 fully saturated rings. The standard InChI is InChI=1S/C28H33N5O3/c1-17-11-30-27-23(17)10-20(12-31-27)19-8-18-4-6-32(28(34)33-13-22-3-2-21(33)15-36-22)14-25(18)24(9-19)26-16-35-7-5-29-26/h8-12,21-22,26,29H,2-7,13-16H2,1H3,(H,30,31)/t21-,22-,26-/m0/s1. The number of benzene rings is 1. The number of nitrogens with zero attached hydrogens (tertiary/aromatic N) is 3. The molecular formula is C28H33N5O3. The molecule has 3 aromatic rings. The number of aryl methyl sites for hydroxylation is 1. The number of carbonyl (C=O) groups excluding carboxylic acids is 1. The number of hydrogen-bond donors (Lipinski definition) is 2. The Hall–Kier alpha value is -2.94. The van der Waals surface area contributed by atoms with Crippen molar-refractivity contribution in [2.45, 2.75) is 50.9 Å². The smallest absolute Gasteiger partial charge is 0.320 e. The topological polar surface area (TPSA) is 82.7 Å². The van der Waals surface area contributed by atoms with Crippen molar-refractivity contribution in [2.75, 3.05) is 39.5 Å². The van der Waals surface area contributed by atoms with Gasteiger partial charge in [-0.3, -0.25) is 0 Å². The molecule has 0 radical (unpaired) electrons. The van der Waals surface area contributed by atoms with Crippen LogP contribution >= 0.6 is 0 Å². The van der Waals surface area contributed by atoms with Crippen molar-refractivity contribution in [3.63, 3.8) is 0 Å². The normalized spacial score (nSPS) is 25.9. The van der Waals surface area contributed by atoms with Gasteiger partial charge in [0.05, 0.1) is 38.0 Å². The largest absolute Gasteiger partial charge is 0.378 e. The Labute approximate surface area is 211 Å². The Kier molecular flexibility index (Phi) is 5.49. The zero-order chi connectivity index (χ0) is 24.2. The highest BCUT2D eigenvalue weighted by atomic mass is 16.5. The second-order valence-corrected chi connectivity index (χ2v) is 10.7. The number of morpholine rings is 2. The first-order valence-corrected chi connectivity index (χ1v) is 13.2. The van der Waals surface area contributed by atoms with Gasteiger partial charge in [-0.2, -0.15) is 0 Å². The van der Waals surface area contributed by atoms with Gasteiger partial charge in [0.25, 0.3) is 0 Å². The second-order valence-electron chi connectivity index (χ2n) is 10.7. The molecule has 188 valence electrons. The molecular weight excluding hydrogens is 454 g/mol. The molecule has 0 aliphatic carbocycles. The SMILES string of the molecule is Cc1c[nH]c2ncc(-c3cc4c(c([C@@H]5COCCN5)c3)CN(C(=O)N3C[C@@H]5CC[C@H]3CO5)CC4)cc12. The Bertz CT molecular complexity index is 1310. The van der Waals surface area contributed by atoms with Crippen LogP contribution in [0.2, 0.25) is 0 Å². The van der Waals surface area contributed by atoms with Crippen molar-refractivity contribution in [3.05, 3.63) is 52.8 Å². The third-order valence-corrected chi connectivity index (χ3v) is 8.45. The molecule has 0 unspecified atom stereocenters. The number of piperidine rings is 1. The number of aromatic amines is 1. The van der Waals surface area contributed by atoms with Crippen molar-refractivity contribution in [3.8, 4) is 11.1 Å². The number of H-pyrrole nitrogens is 1. The van der Waals surface area contributed by atoms with Crippen molar-refractivity contribution in [1.82, 2.24) is 25.1 Å². The van der Waals surface area contributed by atoms with Crippen LogP contribution in [0.4, 0.5) is 4.79 Å². The van der Waals surface area contributed by atoms with Crippen LogP contribution in [0, 0.1) is 6.92 Å². The first kappa shape index (κ1) is 22.3. The van der Waals surface area contributed by atoms with Crippen LogP contribution in [0.15, 0.2) is 30.6 Å². The van der Waals surface area contributed by atoms with E-state index in [1.807, 2.05) is 17.3 Å². The fourth-order valence-corrected chi connectivity index (χ4v) is 6.36. The average molecular weight is 488 g/mol. The van der Waals surface area contributed by atoms with Crippen LogP contribution in [-0.4, -0.2) is 77.4 Å². The fourth-order valence-electron chi connectivity index (χ4n) is 6.36. The van der Waals surface area contributed by atoms with Gasteiger partial charge >= 0.3 is 6.03 Å². The predicted octanol–water partition coefficient (Wildman–Crippen LogP) is 3.54. The quantitative estimate of drug-likeness (QED) is 0.578. The highest BCUT2D eigenvalue weighted by molar-refractivity contribution is 5.84. The lowest BCUT2D eigenvalue weighted by molar-refractivity contribution is -0.0923. The molecule has 5 aliphatic heterocycles. The number of hydrogen-bond acceptors (Lipinski definition) is 5. The Morgan fingerprint density at radius 3 is 2.89 bits per heavy atom. The summed E-state index contributed by atoms with van der Waals surface area (Å²) in [5.41, 5.74) is 8.26. The van der Waals surface area contributed by atoms with Crippen molar-refractivity contribution in [2.24, 2.45) is 0 Å². The number of rotatable bonds is 2. The molecule has 0 spiro atoms. The highest BCUT2D eigenvalue weighted by Crippen LogP contribution is 2.35. The number of urea groups is 1. The summed E-state index contributed by atoms with van der Waals surface area (Å²) < 4.78 is 11.7. The molecule has 1 aromatic carbocycles. The van der Waals surface area contributed by atoms with Gasteiger partial charge in [-0.25, -0.2) is 9.78 Å². The predicted molar refractivity (Wildman–Crippen MR) is 137 cm³/mol. The molecule has 7 heterocycles. The Morgan fingerprint density at radius 1 is 1.17 bits per heavy atom. The number of ether oxygens (including phenoxy) is 2. The summed E-state index contributed by atoms with van der Waals surface area (Å²) in [5, 5.41) is 4.81. The van der Waals surface area contributed by atoms with E-state index in [4.69, 9.17) is 9.47 Å². The van der Waals surface area contributed by atoms with E-state index in [2.05, 4.69) is 45.3 Å². The minimum absolute atomic E-state index is 0.118. The highest BCUT2D eigenvalue weighted by Gasteiger charge is 2.40. The van der Waals surface area contributed by atoms with Crippen molar-refractivity contribution < 1.29 is 14.3 Å². The van der Waals surface area contributed by atoms with Crippen molar-refractivity contribution >= 4 is 17.1 Å². The van der Waals surface area contributed by atoms with Crippen LogP contribution in [0.1, 0.15) is 41.1 Å². The minimum atomic E-state index is 0.118. The molecule has 3 atom stereocenters. The molecule has 0 saturated carbocycles. The molecule has 8 rings (SSSR count). The zero-order valence-electron chi connectivity index (χ0n) is 20.8. The second kappa shape index (κ2) is 8.87. The van der Waals surface area contributed by atoms with Crippen LogP contribution in [-0.2, 0) is 22.4 Å². The average Bonchev–Trinajstić information content (AvgIpc) is 3.32. The summed E-state index contributed by atoms with van der Waals surface area (Å²) >= 11 is 0. The monoisotopic (exact) mass is 487 g/mol. The van der Waals surface area contributed by atoms with Gasteiger partial charge in [-0.1, -0.05) is 6.07 Å². The van der Waals surface area contributed by atoms with Crippen LogP contribution in [0.25, 0.3) is 22.2 Å². The number of aromatic nitrogens is 2. The number of amides is 2. The molecule has 36 heavy (non-hydrogen) atoms. The van der Waals surface area contributed by atoms with Gasteiger partial charge in [0.1, 0.15) is 5.65 Å². The summed E-state index contributed by atoms with van der Waals surface area (Å²) in [7, 11) is 0. The van der Waals surface area contributed by atoms with Gasteiger partial charge in [0.2, 0.25) is 0 Å².